The average Bonchev–Trinajstić information content (AvgIpc) is 3.11. The smallest absolute Gasteiger partial charge is 0.338 e. The van der Waals surface area contributed by atoms with E-state index in [-0.39, 0.29) is 22.4 Å². The molecule has 0 radical (unpaired) electrons. The molecule has 0 aliphatic carbocycles. The molecule has 1 N–H and O–H groups in total. The van der Waals surface area contributed by atoms with E-state index < -0.39 is 36.1 Å². The van der Waals surface area contributed by atoms with E-state index in [1.807, 2.05) is 30.3 Å². The number of benzene rings is 3. The maximum atomic E-state index is 13.2. The first-order chi connectivity index (χ1) is 16.4. The molecule has 8 heteroatoms. The first-order valence-corrected chi connectivity index (χ1v) is 10.7. The van der Waals surface area contributed by atoms with Crippen molar-refractivity contribution in [2.24, 2.45) is 0 Å². The summed E-state index contributed by atoms with van der Waals surface area (Å²) in [5, 5.41) is 2.69. The number of carbonyl (C=O) groups excluding carboxylic acids is 4. The minimum absolute atomic E-state index is 0.0362. The number of imide groups is 1. The van der Waals surface area contributed by atoms with Crippen LogP contribution in [0.4, 0.5) is 10.1 Å². The number of aryl methyl sites for hydroxylation is 1. The predicted molar refractivity (Wildman–Crippen MR) is 122 cm³/mol. The number of nitrogens with one attached hydrogen (secondary N) is 1. The van der Waals surface area contributed by atoms with E-state index in [1.165, 1.54) is 35.9 Å². The third-order valence-corrected chi connectivity index (χ3v) is 5.35. The maximum absolute atomic E-state index is 13.2. The van der Waals surface area contributed by atoms with Gasteiger partial charge >= 0.3 is 5.97 Å². The summed E-state index contributed by atoms with van der Waals surface area (Å²) >= 11 is 0. The number of anilines is 1. The van der Waals surface area contributed by atoms with Gasteiger partial charge in [-0.2, -0.15) is 0 Å². The van der Waals surface area contributed by atoms with Gasteiger partial charge in [-0.25, -0.2) is 14.1 Å². The van der Waals surface area contributed by atoms with Crippen molar-refractivity contribution >= 4 is 29.4 Å². The Labute approximate surface area is 195 Å². The zero-order chi connectivity index (χ0) is 24.1. The third kappa shape index (κ3) is 5.01. The minimum atomic E-state index is -0.789. The lowest BCUT2D eigenvalue weighted by molar-refractivity contribution is -0.124. The summed E-state index contributed by atoms with van der Waals surface area (Å²) in [7, 11) is 0. The summed E-state index contributed by atoms with van der Waals surface area (Å²) in [6, 6.07) is 18.8. The number of amides is 3. The van der Waals surface area contributed by atoms with Crippen LogP contribution in [0.1, 0.15) is 43.1 Å². The van der Waals surface area contributed by atoms with Gasteiger partial charge in [0.15, 0.2) is 6.61 Å². The van der Waals surface area contributed by atoms with E-state index in [9.17, 15) is 23.6 Å². The summed E-state index contributed by atoms with van der Waals surface area (Å²) < 4.78 is 18.2. The largest absolute Gasteiger partial charge is 0.452 e. The molecule has 0 bridgehead atoms. The Morgan fingerprint density at radius 2 is 1.59 bits per heavy atom. The molecule has 0 aromatic heterocycles. The molecule has 0 fully saturated rings. The lowest BCUT2D eigenvalue weighted by atomic mass is 10.1. The molecule has 1 heterocycles. The average molecular weight is 460 g/mol. The van der Waals surface area contributed by atoms with E-state index in [2.05, 4.69) is 5.32 Å². The Balaban J connectivity index is 1.31. The monoisotopic (exact) mass is 460 g/mol. The minimum Gasteiger partial charge on any atom is -0.452 e. The van der Waals surface area contributed by atoms with Crippen LogP contribution in [-0.4, -0.2) is 36.8 Å². The van der Waals surface area contributed by atoms with Crippen LogP contribution in [0.3, 0.4) is 0 Å². The molecule has 4 rings (SSSR count). The molecular formula is C26H21FN2O5. The molecule has 172 valence electrons. The Kier molecular flexibility index (Phi) is 6.77. The van der Waals surface area contributed by atoms with Crippen molar-refractivity contribution in [1.29, 1.82) is 0 Å². The highest BCUT2D eigenvalue weighted by molar-refractivity contribution is 6.34. The van der Waals surface area contributed by atoms with Gasteiger partial charge in [-0.15, -0.1) is 0 Å². The summed E-state index contributed by atoms with van der Waals surface area (Å²) in [4.78, 5) is 50.7. The molecular weight excluding hydrogens is 439 g/mol. The molecule has 3 amide bonds. The van der Waals surface area contributed by atoms with Crippen molar-refractivity contribution in [3.63, 3.8) is 0 Å². The topological polar surface area (TPSA) is 92.8 Å². The normalized spacial score (nSPS) is 12.4. The number of carbonyl (C=O) groups is 4. The summed E-state index contributed by atoms with van der Waals surface area (Å²) in [5.41, 5.74) is 1.60. The van der Waals surface area contributed by atoms with Crippen molar-refractivity contribution in [2.45, 2.75) is 12.8 Å². The molecule has 0 saturated heterocycles. The number of halogens is 1. The van der Waals surface area contributed by atoms with E-state index in [1.54, 1.807) is 0 Å². The lowest BCUT2D eigenvalue weighted by Crippen LogP contribution is -2.30. The molecule has 1 aliphatic heterocycles. The van der Waals surface area contributed by atoms with Crippen molar-refractivity contribution in [3.8, 4) is 0 Å². The van der Waals surface area contributed by atoms with Crippen LogP contribution in [0.25, 0.3) is 0 Å². The highest BCUT2D eigenvalue weighted by atomic mass is 19.1. The molecule has 0 saturated carbocycles. The van der Waals surface area contributed by atoms with Crippen LogP contribution in [0, 0.1) is 5.82 Å². The van der Waals surface area contributed by atoms with Crippen LogP contribution in [0.15, 0.2) is 72.8 Å². The molecule has 0 unspecified atom stereocenters. The van der Waals surface area contributed by atoms with Gasteiger partial charge in [-0.3, -0.25) is 14.4 Å². The van der Waals surface area contributed by atoms with Crippen LogP contribution in [-0.2, 0) is 16.0 Å². The zero-order valence-corrected chi connectivity index (χ0v) is 18.1. The Bertz CT molecular complexity index is 1240. The number of rotatable bonds is 8. The highest BCUT2D eigenvalue weighted by Gasteiger charge is 2.37. The Morgan fingerprint density at radius 3 is 2.32 bits per heavy atom. The fourth-order valence-corrected chi connectivity index (χ4v) is 3.62. The van der Waals surface area contributed by atoms with Crippen LogP contribution in [0.5, 0.6) is 0 Å². The lowest BCUT2D eigenvalue weighted by Gasteiger charge is -2.13. The van der Waals surface area contributed by atoms with E-state index in [0.29, 0.717) is 6.54 Å². The molecule has 3 aromatic rings. The molecule has 0 atom stereocenters. The van der Waals surface area contributed by atoms with Crippen molar-refractivity contribution in [1.82, 2.24) is 5.32 Å². The van der Waals surface area contributed by atoms with Gasteiger partial charge in [-0.05, 0) is 60.9 Å². The van der Waals surface area contributed by atoms with Gasteiger partial charge in [0.05, 0.1) is 22.4 Å². The summed E-state index contributed by atoms with van der Waals surface area (Å²) in [5.74, 6) is -2.91. The predicted octanol–water partition coefficient (Wildman–Crippen LogP) is 3.53. The van der Waals surface area contributed by atoms with Crippen molar-refractivity contribution in [3.05, 3.63) is 101 Å². The number of fused-ring (bicyclic) bond motifs is 1. The summed E-state index contributed by atoms with van der Waals surface area (Å²) in [6.07, 6.45) is 1.56. The molecule has 1 aliphatic rings. The van der Waals surface area contributed by atoms with Gasteiger partial charge in [-0.1, -0.05) is 30.3 Å². The van der Waals surface area contributed by atoms with Crippen LogP contribution in [0.2, 0.25) is 0 Å². The molecule has 34 heavy (non-hydrogen) atoms. The van der Waals surface area contributed by atoms with Gasteiger partial charge in [0.1, 0.15) is 5.82 Å². The van der Waals surface area contributed by atoms with E-state index >= 15 is 0 Å². The number of esters is 1. The maximum Gasteiger partial charge on any atom is 0.338 e. The van der Waals surface area contributed by atoms with E-state index in [0.717, 1.165) is 29.9 Å². The first kappa shape index (κ1) is 22.8. The molecule has 0 spiro atoms. The van der Waals surface area contributed by atoms with Crippen molar-refractivity contribution < 1.29 is 28.3 Å². The Hall–Kier alpha value is -4.33. The molecule has 3 aromatic carbocycles. The second-order valence-electron chi connectivity index (χ2n) is 7.70. The van der Waals surface area contributed by atoms with Crippen LogP contribution < -0.4 is 10.2 Å². The number of nitrogens with zero attached hydrogens (tertiary/aromatic N) is 1. The quantitative estimate of drug-likeness (QED) is 0.315. The van der Waals surface area contributed by atoms with Crippen LogP contribution >= 0.6 is 0 Å². The second kappa shape index (κ2) is 10.1. The fourth-order valence-electron chi connectivity index (χ4n) is 3.62. The number of hydrogen-bond donors (Lipinski definition) is 1. The van der Waals surface area contributed by atoms with Gasteiger partial charge in [0, 0.05) is 6.54 Å². The van der Waals surface area contributed by atoms with Gasteiger partial charge < -0.3 is 10.1 Å². The SMILES string of the molecule is O=C(COC(=O)c1ccc2c(c1)C(=O)N(c1ccc(F)cc1)C2=O)NCCCc1ccccc1. The van der Waals surface area contributed by atoms with Gasteiger partial charge in [0.25, 0.3) is 17.7 Å². The van der Waals surface area contributed by atoms with E-state index in [4.69, 9.17) is 4.74 Å². The summed E-state index contributed by atoms with van der Waals surface area (Å²) in [6.45, 7) is -0.0181. The third-order valence-electron chi connectivity index (χ3n) is 5.35. The molecule has 7 nitrogen and oxygen atoms in total. The number of ether oxygens (including phenoxy) is 1. The standard InChI is InChI=1S/C26H21FN2O5/c27-19-9-11-20(12-10-19)29-24(31)21-13-8-18(15-22(21)25(29)32)26(33)34-16-23(30)28-14-4-7-17-5-2-1-3-6-17/h1-3,5-6,8-13,15H,4,7,14,16H2,(H,28,30). The second-order valence-corrected chi connectivity index (χ2v) is 7.70. The Morgan fingerprint density at radius 1 is 0.882 bits per heavy atom. The highest BCUT2D eigenvalue weighted by Crippen LogP contribution is 2.29. The van der Waals surface area contributed by atoms with Crippen molar-refractivity contribution in [2.75, 3.05) is 18.1 Å². The fraction of sp³-hybridized carbons (Fsp3) is 0.154. The van der Waals surface area contributed by atoms with Gasteiger partial charge in [0.2, 0.25) is 0 Å². The zero-order valence-electron chi connectivity index (χ0n) is 18.1. The first-order valence-electron chi connectivity index (χ1n) is 10.7. The number of hydrogen-bond acceptors (Lipinski definition) is 5.